The number of aromatic nitrogens is 2. The summed E-state index contributed by atoms with van der Waals surface area (Å²) < 4.78 is 1.58. The molecule has 4 rings (SSSR count). The Bertz CT molecular complexity index is 961. The highest BCUT2D eigenvalue weighted by Gasteiger charge is 2.22. The van der Waals surface area contributed by atoms with Crippen molar-refractivity contribution in [2.45, 2.75) is 25.7 Å². The lowest BCUT2D eigenvalue weighted by Gasteiger charge is -2.09. The molecule has 1 aromatic heterocycles. The third-order valence-corrected chi connectivity index (χ3v) is 4.72. The molecule has 0 unspecified atom stereocenters. The second kappa shape index (κ2) is 8.08. The zero-order valence-electron chi connectivity index (χ0n) is 15.4. The molecule has 2 aromatic carbocycles. The van der Waals surface area contributed by atoms with Crippen LogP contribution < -0.4 is 10.6 Å². The normalized spacial score (nSPS) is 14.0. The van der Waals surface area contributed by atoms with Crippen molar-refractivity contribution in [3.05, 3.63) is 84.0 Å². The molecule has 1 aliphatic rings. The van der Waals surface area contributed by atoms with E-state index in [1.165, 1.54) is 0 Å². The first-order valence-corrected chi connectivity index (χ1v) is 9.38. The van der Waals surface area contributed by atoms with Gasteiger partial charge in [0.1, 0.15) is 5.82 Å². The minimum atomic E-state index is -0.255. The number of amides is 2. The maximum atomic E-state index is 12.6. The summed E-state index contributed by atoms with van der Waals surface area (Å²) in [6.45, 7) is 0. The van der Waals surface area contributed by atoms with Crippen LogP contribution in [-0.4, -0.2) is 21.6 Å². The first kappa shape index (κ1) is 18.0. The molecule has 0 saturated heterocycles. The third-order valence-electron chi connectivity index (χ3n) is 4.72. The molecular formula is C22H21N4O2. The average molecular weight is 373 g/mol. The molecule has 0 spiro atoms. The van der Waals surface area contributed by atoms with Crippen molar-refractivity contribution in [3.63, 3.8) is 0 Å². The van der Waals surface area contributed by atoms with E-state index in [9.17, 15) is 9.59 Å². The Morgan fingerprint density at radius 1 is 0.821 bits per heavy atom. The Hall–Kier alpha value is -3.41. The molecule has 0 atom stereocenters. The van der Waals surface area contributed by atoms with E-state index < -0.39 is 0 Å². The lowest BCUT2D eigenvalue weighted by Crippen LogP contribution is -2.27. The van der Waals surface area contributed by atoms with Crippen molar-refractivity contribution in [2.24, 2.45) is 0 Å². The van der Waals surface area contributed by atoms with E-state index in [-0.39, 0.29) is 17.5 Å². The number of hydrogen-bond donors (Lipinski definition) is 2. The van der Waals surface area contributed by atoms with Gasteiger partial charge in [-0.1, -0.05) is 49.2 Å². The molecule has 6 nitrogen and oxygen atoms in total. The predicted octanol–water partition coefficient (Wildman–Crippen LogP) is 3.96. The molecule has 2 N–H and O–H groups in total. The van der Waals surface area contributed by atoms with Crippen LogP contribution >= 0.6 is 0 Å². The number of hydrogen-bond acceptors (Lipinski definition) is 3. The fourth-order valence-corrected chi connectivity index (χ4v) is 3.28. The van der Waals surface area contributed by atoms with E-state index in [4.69, 9.17) is 0 Å². The van der Waals surface area contributed by atoms with Crippen molar-refractivity contribution in [1.29, 1.82) is 0 Å². The molecular weight excluding hydrogens is 352 g/mol. The quantitative estimate of drug-likeness (QED) is 0.711. The van der Waals surface area contributed by atoms with E-state index in [1.807, 2.05) is 36.4 Å². The van der Waals surface area contributed by atoms with Gasteiger partial charge in [0.25, 0.3) is 11.8 Å². The molecule has 1 fully saturated rings. The first-order chi connectivity index (χ1) is 13.7. The van der Waals surface area contributed by atoms with Crippen molar-refractivity contribution >= 4 is 17.6 Å². The van der Waals surface area contributed by atoms with Crippen LogP contribution in [0.5, 0.6) is 0 Å². The molecule has 1 radical (unpaired) electrons. The van der Waals surface area contributed by atoms with Crippen LogP contribution in [0.4, 0.5) is 5.82 Å². The lowest BCUT2D eigenvalue weighted by atomic mass is 10.2. The van der Waals surface area contributed by atoms with Gasteiger partial charge in [-0.05, 0) is 37.1 Å². The fourth-order valence-electron chi connectivity index (χ4n) is 3.28. The van der Waals surface area contributed by atoms with Crippen LogP contribution in [0.1, 0.15) is 46.5 Å². The Balaban J connectivity index is 1.62. The van der Waals surface area contributed by atoms with Crippen LogP contribution in [0, 0.1) is 6.04 Å². The Labute approximate surface area is 163 Å². The third kappa shape index (κ3) is 3.96. The van der Waals surface area contributed by atoms with Gasteiger partial charge >= 0.3 is 0 Å². The molecule has 3 aromatic rings. The number of carbonyl (C=O) groups excluding carboxylic acids is 2. The molecule has 6 heteroatoms. The van der Waals surface area contributed by atoms with Crippen molar-refractivity contribution in [3.8, 4) is 5.69 Å². The zero-order valence-corrected chi connectivity index (χ0v) is 15.4. The number of nitrogens with one attached hydrogen (secondary N) is 2. The van der Waals surface area contributed by atoms with Gasteiger partial charge in [-0.2, -0.15) is 5.10 Å². The Morgan fingerprint density at radius 3 is 2.14 bits per heavy atom. The number of nitrogens with zero attached hydrogens (tertiary/aromatic N) is 2. The topological polar surface area (TPSA) is 76.0 Å². The van der Waals surface area contributed by atoms with Crippen LogP contribution in [0.2, 0.25) is 0 Å². The van der Waals surface area contributed by atoms with Gasteiger partial charge in [-0.3, -0.25) is 9.59 Å². The summed E-state index contributed by atoms with van der Waals surface area (Å²) in [6.07, 6.45) is 4.05. The lowest BCUT2D eigenvalue weighted by molar-refractivity contribution is 0.0948. The zero-order chi connectivity index (χ0) is 19.3. The Morgan fingerprint density at radius 2 is 1.46 bits per heavy atom. The Kier molecular flexibility index (Phi) is 5.19. The summed E-state index contributed by atoms with van der Waals surface area (Å²) in [5.41, 5.74) is 1.57. The second-order valence-corrected chi connectivity index (χ2v) is 6.75. The summed E-state index contributed by atoms with van der Waals surface area (Å²) in [4.78, 5) is 25.2. The van der Waals surface area contributed by atoms with Gasteiger partial charge in [-0.15, -0.1) is 0 Å². The van der Waals surface area contributed by atoms with Crippen LogP contribution in [0.15, 0.2) is 66.7 Å². The van der Waals surface area contributed by atoms with Crippen LogP contribution in [0.3, 0.4) is 0 Å². The van der Waals surface area contributed by atoms with Gasteiger partial charge in [0.2, 0.25) is 0 Å². The van der Waals surface area contributed by atoms with Gasteiger partial charge in [-0.25, -0.2) is 4.68 Å². The maximum Gasteiger partial charge on any atom is 0.272 e. The van der Waals surface area contributed by atoms with E-state index in [2.05, 4.69) is 15.7 Å². The summed E-state index contributed by atoms with van der Waals surface area (Å²) in [6, 6.07) is 21.0. The molecule has 0 bridgehead atoms. The minimum Gasteiger partial charge on any atom is -0.343 e. The molecule has 1 saturated carbocycles. The molecule has 28 heavy (non-hydrogen) atoms. The standard InChI is InChI=1S/C22H21N4O2/c27-21(16-9-3-1-4-10-16)24-20-15-19(22(28)23-17-11-7-8-12-17)25-26(20)18-13-5-2-6-14-18/h1-6,9-10,13-15H,7-8,11-12H2,(H,23,28)(H,24,27). The highest BCUT2D eigenvalue weighted by atomic mass is 16.2. The van der Waals surface area contributed by atoms with Crippen LogP contribution in [0.25, 0.3) is 5.69 Å². The first-order valence-electron chi connectivity index (χ1n) is 9.38. The molecule has 1 aliphatic carbocycles. The van der Waals surface area contributed by atoms with Crippen LogP contribution in [-0.2, 0) is 0 Å². The largest absolute Gasteiger partial charge is 0.343 e. The van der Waals surface area contributed by atoms with Gasteiger partial charge in [0.05, 0.1) is 11.7 Å². The number of para-hydroxylation sites is 1. The summed E-state index contributed by atoms with van der Waals surface area (Å²) >= 11 is 0. The second-order valence-electron chi connectivity index (χ2n) is 6.75. The highest BCUT2D eigenvalue weighted by Crippen LogP contribution is 2.25. The minimum absolute atomic E-state index is 0.248. The fraction of sp³-hybridized carbons (Fsp3) is 0.182. The number of anilines is 1. The van der Waals surface area contributed by atoms with Gasteiger partial charge in [0.15, 0.2) is 5.69 Å². The molecule has 0 aliphatic heterocycles. The van der Waals surface area contributed by atoms with Crippen molar-refractivity contribution in [2.75, 3.05) is 5.32 Å². The SMILES string of the molecule is O=C(Nc1cc(C(=O)N[C]2CCCC2)nn1-c1ccccc1)c1ccccc1. The van der Waals surface area contributed by atoms with E-state index in [0.717, 1.165) is 37.4 Å². The average Bonchev–Trinajstić information content (AvgIpc) is 3.39. The molecule has 141 valence electrons. The van der Waals surface area contributed by atoms with Crippen molar-refractivity contribution in [1.82, 2.24) is 15.1 Å². The molecule has 2 amide bonds. The highest BCUT2D eigenvalue weighted by molar-refractivity contribution is 6.04. The number of carbonyl (C=O) groups is 2. The molecule has 1 heterocycles. The maximum absolute atomic E-state index is 12.6. The van der Waals surface area contributed by atoms with E-state index in [0.29, 0.717) is 11.4 Å². The number of benzene rings is 2. The summed E-state index contributed by atoms with van der Waals surface area (Å²) in [5, 5.41) is 10.3. The summed E-state index contributed by atoms with van der Waals surface area (Å²) in [7, 11) is 0. The van der Waals surface area contributed by atoms with Crippen molar-refractivity contribution < 1.29 is 9.59 Å². The summed E-state index contributed by atoms with van der Waals surface area (Å²) in [5.74, 6) is -0.0572. The monoisotopic (exact) mass is 373 g/mol. The van der Waals surface area contributed by atoms with Gasteiger partial charge < -0.3 is 10.6 Å². The number of rotatable bonds is 5. The van der Waals surface area contributed by atoms with E-state index >= 15 is 0 Å². The van der Waals surface area contributed by atoms with E-state index in [1.54, 1.807) is 35.0 Å². The van der Waals surface area contributed by atoms with Gasteiger partial charge in [0, 0.05) is 11.6 Å². The smallest absolute Gasteiger partial charge is 0.272 e. The predicted molar refractivity (Wildman–Crippen MR) is 107 cm³/mol.